The summed E-state index contributed by atoms with van der Waals surface area (Å²) >= 11 is 0. The highest BCUT2D eigenvalue weighted by molar-refractivity contribution is 5.68. The van der Waals surface area contributed by atoms with Crippen molar-refractivity contribution in [2.45, 2.75) is 32.5 Å². The fourth-order valence-electron chi connectivity index (χ4n) is 1.56. The molecule has 0 unspecified atom stereocenters. The van der Waals surface area contributed by atoms with Gasteiger partial charge in [-0.1, -0.05) is 0 Å². The van der Waals surface area contributed by atoms with Gasteiger partial charge in [-0.2, -0.15) is 0 Å². The number of nitrogens with one attached hydrogen (secondary N) is 1. The second-order valence-electron chi connectivity index (χ2n) is 4.98. The Hall–Kier alpha value is -0.810. The number of likely N-dealkylation sites (N-methyl/N-ethyl adjacent to an activating group) is 1. The van der Waals surface area contributed by atoms with E-state index in [1.807, 2.05) is 27.8 Å². The van der Waals surface area contributed by atoms with E-state index in [4.69, 9.17) is 9.47 Å². The first-order chi connectivity index (χ1) is 7.42. The van der Waals surface area contributed by atoms with Crippen molar-refractivity contribution >= 4 is 6.09 Å². The summed E-state index contributed by atoms with van der Waals surface area (Å²) in [5.41, 5.74) is -0.437. The van der Waals surface area contributed by atoms with Crippen molar-refractivity contribution in [2.75, 3.05) is 33.3 Å². The summed E-state index contributed by atoms with van der Waals surface area (Å²) < 4.78 is 10.8. The van der Waals surface area contributed by atoms with Gasteiger partial charge < -0.3 is 19.7 Å². The van der Waals surface area contributed by atoms with Crippen LogP contribution >= 0.6 is 0 Å². The Kier molecular flexibility index (Phi) is 4.56. The smallest absolute Gasteiger partial charge is 0.410 e. The maximum atomic E-state index is 11.8. The molecule has 1 N–H and O–H groups in total. The Morgan fingerprint density at radius 2 is 2.25 bits per heavy atom. The molecule has 0 spiro atoms. The molecule has 1 aliphatic heterocycles. The van der Waals surface area contributed by atoms with E-state index in [0.29, 0.717) is 19.7 Å². The summed E-state index contributed by atoms with van der Waals surface area (Å²) in [5, 5.41) is 3.04. The third-order valence-electron chi connectivity index (χ3n) is 2.22. The van der Waals surface area contributed by atoms with Crippen LogP contribution in [0.4, 0.5) is 4.79 Å². The molecule has 0 aromatic carbocycles. The number of morpholine rings is 1. The zero-order valence-corrected chi connectivity index (χ0v) is 10.6. The lowest BCUT2D eigenvalue weighted by molar-refractivity contribution is -0.0405. The van der Waals surface area contributed by atoms with Gasteiger partial charge in [-0.15, -0.1) is 0 Å². The quantitative estimate of drug-likeness (QED) is 0.764. The summed E-state index contributed by atoms with van der Waals surface area (Å²) in [6.45, 7) is 8.14. The van der Waals surface area contributed by atoms with Crippen molar-refractivity contribution < 1.29 is 14.3 Å². The molecule has 1 atom stereocenters. The third kappa shape index (κ3) is 4.37. The number of carbonyl (C=O) groups excluding carboxylic acids is 1. The summed E-state index contributed by atoms with van der Waals surface area (Å²) in [4.78, 5) is 13.5. The number of rotatable bonds is 2. The maximum Gasteiger partial charge on any atom is 0.410 e. The molecule has 5 nitrogen and oxygen atoms in total. The van der Waals surface area contributed by atoms with Gasteiger partial charge >= 0.3 is 6.09 Å². The van der Waals surface area contributed by atoms with E-state index in [9.17, 15) is 4.79 Å². The van der Waals surface area contributed by atoms with Crippen LogP contribution in [0.2, 0.25) is 0 Å². The Balaban J connectivity index is 2.44. The van der Waals surface area contributed by atoms with Crippen LogP contribution in [0.15, 0.2) is 0 Å². The van der Waals surface area contributed by atoms with Crippen LogP contribution in [0, 0.1) is 0 Å². The van der Waals surface area contributed by atoms with E-state index >= 15 is 0 Å². The standard InChI is InChI=1S/C11H22N2O3/c1-11(2,3)16-10(14)13-5-6-15-9(8-13)7-12-4/h9,12H,5-8H2,1-4H3/t9-/m1/s1. The molecular formula is C11H22N2O3. The van der Waals surface area contributed by atoms with Crippen LogP contribution in [0.5, 0.6) is 0 Å². The van der Waals surface area contributed by atoms with E-state index in [0.717, 1.165) is 6.54 Å². The van der Waals surface area contributed by atoms with E-state index in [2.05, 4.69) is 5.32 Å². The van der Waals surface area contributed by atoms with E-state index < -0.39 is 5.60 Å². The Morgan fingerprint density at radius 3 is 2.81 bits per heavy atom. The fourth-order valence-corrected chi connectivity index (χ4v) is 1.56. The molecule has 1 aliphatic rings. The van der Waals surface area contributed by atoms with Crippen molar-refractivity contribution in [2.24, 2.45) is 0 Å². The first-order valence-electron chi connectivity index (χ1n) is 5.66. The number of amides is 1. The predicted molar refractivity (Wildman–Crippen MR) is 61.5 cm³/mol. The minimum atomic E-state index is -0.437. The lowest BCUT2D eigenvalue weighted by Crippen LogP contribution is -2.49. The Morgan fingerprint density at radius 1 is 1.56 bits per heavy atom. The highest BCUT2D eigenvalue weighted by atomic mass is 16.6. The van der Waals surface area contributed by atoms with Crippen molar-refractivity contribution in [3.05, 3.63) is 0 Å². The largest absolute Gasteiger partial charge is 0.444 e. The molecule has 94 valence electrons. The number of ether oxygens (including phenoxy) is 2. The van der Waals surface area contributed by atoms with Gasteiger partial charge in [0.25, 0.3) is 0 Å². The minimum absolute atomic E-state index is 0.0614. The first kappa shape index (κ1) is 13.3. The highest BCUT2D eigenvalue weighted by Crippen LogP contribution is 2.12. The molecule has 1 heterocycles. The van der Waals surface area contributed by atoms with Gasteiger partial charge in [0, 0.05) is 13.1 Å². The van der Waals surface area contributed by atoms with Crippen LogP contribution in [0.3, 0.4) is 0 Å². The van der Waals surface area contributed by atoms with Gasteiger partial charge in [0.1, 0.15) is 5.60 Å². The average molecular weight is 230 g/mol. The summed E-state index contributed by atoms with van der Waals surface area (Å²) in [6.07, 6.45) is -0.192. The molecule has 0 aromatic heterocycles. The van der Waals surface area contributed by atoms with Crippen molar-refractivity contribution in [3.8, 4) is 0 Å². The number of nitrogens with zero attached hydrogens (tertiary/aromatic N) is 1. The van der Waals surface area contributed by atoms with Gasteiger partial charge in [-0.25, -0.2) is 4.79 Å². The molecule has 16 heavy (non-hydrogen) atoms. The fraction of sp³-hybridized carbons (Fsp3) is 0.909. The normalized spacial score (nSPS) is 22.0. The predicted octanol–water partition coefficient (Wildman–Crippen LogP) is 0.842. The van der Waals surface area contributed by atoms with Crippen LogP contribution in [0.25, 0.3) is 0 Å². The van der Waals surface area contributed by atoms with Gasteiger partial charge in [-0.3, -0.25) is 0 Å². The molecule has 0 bridgehead atoms. The van der Waals surface area contributed by atoms with Crippen molar-refractivity contribution in [1.29, 1.82) is 0 Å². The van der Waals surface area contributed by atoms with Gasteiger partial charge in [0.2, 0.25) is 0 Å². The second-order valence-corrected chi connectivity index (χ2v) is 4.98. The van der Waals surface area contributed by atoms with Crippen molar-refractivity contribution in [1.82, 2.24) is 10.2 Å². The van der Waals surface area contributed by atoms with Gasteiger partial charge in [0.15, 0.2) is 0 Å². The molecule has 0 saturated carbocycles. The number of hydrogen-bond donors (Lipinski definition) is 1. The van der Waals surface area contributed by atoms with Crippen LogP contribution in [-0.2, 0) is 9.47 Å². The molecule has 0 aromatic rings. The van der Waals surface area contributed by atoms with E-state index in [1.165, 1.54) is 0 Å². The van der Waals surface area contributed by atoms with Crippen molar-refractivity contribution in [3.63, 3.8) is 0 Å². The monoisotopic (exact) mass is 230 g/mol. The topological polar surface area (TPSA) is 50.8 Å². The lowest BCUT2D eigenvalue weighted by Gasteiger charge is -2.34. The number of carbonyl (C=O) groups is 1. The van der Waals surface area contributed by atoms with Gasteiger partial charge in [-0.05, 0) is 27.8 Å². The minimum Gasteiger partial charge on any atom is -0.444 e. The zero-order valence-electron chi connectivity index (χ0n) is 10.6. The summed E-state index contributed by atoms with van der Waals surface area (Å²) in [5.74, 6) is 0. The van der Waals surface area contributed by atoms with Gasteiger partial charge in [0.05, 0.1) is 19.3 Å². The second kappa shape index (κ2) is 5.50. The molecule has 1 saturated heterocycles. The van der Waals surface area contributed by atoms with E-state index in [-0.39, 0.29) is 12.2 Å². The SMILES string of the molecule is CNC[C@@H]1CN(C(=O)OC(C)(C)C)CCO1. The average Bonchev–Trinajstić information content (AvgIpc) is 2.16. The van der Waals surface area contributed by atoms with E-state index in [1.54, 1.807) is 4.90 Å². The molecular weight excluding hydrogens is 208 g/mol. The van der Waals surface area contributed by atoms with Crippen LogP contribution in [-0.4, -0.2) is 56.0 Å². The molecule has 0 radical (unpaired) electrons. The highest BCUT2D eigenvalue weighted by Gasteiger charge is 2.27. The molecule has 5 heteroatoms. The molecule has 1 amide bonds. The van der Waals surface area contributed by atoms with Crippen LogP contribution < -0.4 is 5.32 Å². The summed E-state index contributed by atoms with van der Waals surface area (Å²) in [6, 6.07) is 0. The summed E-state index contributed by atoms with van der Waals surface area (Å²) in [7, 11) is 1.87. The molecule has 1 rings (SSSR count). The molecule has 0 aliphatic carbocycles. The number of hydrogen-bond acceptors (Lipinski definition) is 4. The van der Waals surface area contributed by atoms with Crippen LogP contribution in [0.1, 0.15) is 20.8 Å². The maximum absolute atomic E-state index is 11.8. The molecule has 1 fully saturated rings. The third-order valence-corrected chi connectivity index (χ3v) is 2.22. The lowest BCUT2D eigenvalue weighted by atomic mass is 10.2. The zero-order chi connectivity index (χ0) is 12.2. The first-order valence-corrected chi connectivity index (χ1v) is 5.66. The Bertz CT molecular complexity index is 236. The Labute approximate surface area is 97.1 Å².